The molecular weight excluding hydrogens is 218 g/mol. The van der Waals surface area contributed by atoms with E-state index in [9.17, 15) is 0 Å². The van der Waals surface area contributed by atoms with E-state index in [0.717, 1.165) is 36.1 Å². The van der Waals surface area contributed by atoms with Crippen LogP contribution in [0, 0.1) is 0 Å². The van der Waals surface area contributed by atoms with Gasteiger partial charge in [-0.15, -0.1) is 0 Å². The Hall–Kier alpha value is -0.480. The standard InChI is InChI=1S/C8H12BrN3/c9-7-5-11-8(12-6-7)3-1-2-4-10/h5-6H,1-4,10H2. The number of nitrogens with two attached hydrogens (primary N) is 1. The largest absolute Gasteiger partial charge is 0.330 e. The molecule has 66 valence electrons. The zero-order valence-corrected chi connectivity index (χ0v) is 8.42. The van der Waals surface area contributed by atoms with Crippen LogP contribution in [0.15, 0.2) is 16.9 Å². The molecule has 0 aromatic carbocycles. The average Bonchev–Trinajstić information content (AvgIpc) is 2.09. The maximum Gasteiger partial charge on any atom is 0.128 e. The Morgan fingerprint density at radius 2 is 1.92 bits per heavy atom. The summed E-state index contributed by atoms with van der Waals surface area (Å²) in [6, 6.07) is 0. The zero-order chi connectivity index (χ0) is 8.81. The van der Waals surface area contributed by atoms with Gasteiger partial charge in [-0.05, 0) is 35.3 Å². The van der Waals surface area contributed by atoms with Gasteiger partial charge < -0.3 is 5.73 Å². The van der Waals surface area contributed by atoms with Crippen molar-refractivity contribution in [2.24, 2.45) is 5.73 Å². The van der Waals surface area contributed by atoms with E-state index in [1.807, 2.05) is 0 Å². The molecule has 0 amide bonds. The first-order valence-corrected chi connectivity index (χ1v) is 4.78. The predicted molar refractivity (Wildman–Crippen MR) is 51.7 cm³/mol. The maximum absolute atomic E-state index is 5.37. The fraction of sp³-hybridized carbons (Fsp3) is 0.500. The highest BCUT2D eigenvalue weighted by atomic mass is 79.9. The molecule has 0 saturated carbocycles. The summed E-state index contributed by atoms with van der Waals surface area (Å²) in [7, 11) is 0. The van der Waals surface area contributed by atoms with Gasteiger partial charge in [0, 0.05) is 18.8 Å². The van der Waals surface area contributed by atoms with E-state index in [1.165, 1.54) is 0 Å². The third-order valence-corrected chi connectivity index (χ3v) is 1.94. The Kier molecular flexibility index (Phi) is 4.18. The Bertz CT molecular complexity index is 222. The van der Waals surface area contributed by atoms with Crippen LogP contribution in [0.1, 0.15) is 18.7 Å². The molecule has 0 aliphatic heterocycles. The van der Waals surface area contributed by atoms with Crippen LogP contribution >= 0.6 is 15.9 Å². The van der Waals surface area contributed by atoms with Crippen LogP contribution in [0.5, 0.6) is 0 Å². The van der Waals surface area contributed by atoms with Gasteiger partial charge in [-0.25, -0.2) is 9.97 Å². The summed E-state index contributed by atoms with van der Waals surface area (Å²) < 4.78 is 0.921. The molecule has 0 unspecified atom stereocenters. The first-order valence-electron chi connectivity index (χ1n) is 3.99. The van der Waals surface area contributed by atoms with Crippen molar-refractivity contribution in [3.63, 3.8) is 0 Å². The number of aromatic nitrogens is 2. The summed E-state index contributed by atoms with van der Waals surface area (Å²) in [5, 5.41) is 0. The van der Waals surface area contributed by atoms with Gasteiger partial charge >= 0.3 is 0 Å². The highest BCUT2D eigenvalue weighted by molar-refractivity contribution is 9.10. The molecule has 0 aliphatic carbocycles. The fourth-order valence-electron chi connectivity index (χ4n) is 0.896. The Balaban J connectivity index is 2.37. The van der Waals surface area contributed by atoms with Crippen molar-refractivity contribution >= 4 is 15.9 Å². The lowest BCUT2D eigenvalue weighted by molar-refractivity contribution is 0.715. The van der Waals surface area contributed by atoms with E-state index in [1.54, 1.807) is 12.4 Å². The zero-order valence-electron chi connectivity index (χ0n) is 6.83. The first-order chi connectivity index (χ1) is 5.83. The average molecular weight is 230 g/mol. The topological polar surface area (TPSA) is 51.8 Å². The summed E-state index contributed by atoms with van der Waals surface area (Å²) in [6.07, 6.45) is 6.57. The second kappa shape index (κ2) is 5.22. The molecule has 0 aliphatic rings. The third-order valence-electron chi connectivity index (χ3n) is 1.53. The normalized spacial score (nSPS) is 10.2. The van der Waals surface area contributed by atoms with Gasteiger partial charge in [0.1, 0.15) is 5.82 Å². The fourth-order valence-corrected chi connectivity index (χ4v) is 1.10. The van der Waals surface area contributed by atoms with Gasteiger partial charge in [-0.2, -0.15) is 0 Å². The van der Waals surface area contributed by atoms with Gasteiger partial charge in [0.25, 0.3) is 0 Å². The minimum atomic E-state index is 0.747. The maximum atomic E-state index is 5.37. The quantitative estimate of drug-likeness (QED) is 0.798. The van der Waals surface area contributed by atoms with Gasteiger partial charge in [0.2, 0.25) is 0 Å². The monoisotopic (exact) mass is 229 g/mol. The van der Waals surface area contributed by atoms with Gasteiger partial charge in [-0.3, -0.25) is 0 Å². The van der Waals surface area contributed by atoms with Crippen LogP contribution in [0.4, 0.5) is 0 Å². The van der Waals surface area contributed by atoms with Crippen molar-refractivity contribution in [3.05, 3.63) is 22.7 Å². The van der Waals surface area contributed by atoms with E-state index in [-0.39, 0.29) is 0 Å². The summed E-state index contributed by atoms with van der Waals surface area (Å²) in [5.74, 6) is 0.895. The number of halogens is 1. The number of aryl methyl sites for hydroxylation is 1. The molecule has 1 rings (SSSR count). The molecule has 1 aromatic heterocycles. The lowest BCUT2D eigenvalue weighted by Crippen LogP contribution is -2.00. The van der Waals surface area contributed by atoms with Gasteiger partial charge in [0.15, 0.2) is 0 Å². The molecule has 1 heterocycles. The molecule has 1 aromatic rings. The van der Waals surface area contributed by atoms with Crippen LogP contribution < -0.4 is 5.73 Å². The molecular formula is C8H12BrN3. The van der Waals surface area contributed by atoms with Crippen LogP contribution in [-0.4, -0.2) is 16.5 Å². The van der Waals surface area contributed by atoms with Crippen molar-refractivity contribution in [2.75, 3.05) is 6.54 Å². The molecule has 3 nitrogen and oxygen atoms in total. The van der Waals surface area contributed by atoms with E-state index in [4.69, 9.17) is 5.73 Å². The summed E-state index contributed by atoms with van der Waals surface area (Å²) in [5.41, 5.74) is 5.37. The molecule has 0 fully saturated rings. The van der Waals surface area contributed by atoms with Crippen molar-refractivity contribution in [1.29, 1.82) is 0 Å². The lowest BCUT2D eigenvalue weighted by Gasteiger charge is -1.97. The van der Waals surface area contributed by atoms with Crippen LogP contribution in [0.25, 0.3) is 0 Å². The molecule has 12 heavy (non-hydrogen) atoms. The molecule has 0 atom stereocenters. The minimum Gasteiger partial charge on any atom is -0.330 e. The Morgan fingerprint density at radius 1 is 1.25 bits per heavy atom. The molecule has 4 heteroatoms. The van der Waals surface area contributed by atoms with E-state index >= 15 is 0 Å². The second-order valence-electron chi connectivity index (χ2n) is 2.56. The van der Waals surface area contributed by atoms with Crippen molar-refractivity contribution in [3.8, 4) is 0 Å². The van der Waals surface area contributed by atoms with E-state index in [0.29, 0.717) is 0 Å². The number of nitrogens with zero attached hydrogens (tertiary/aromatic N) is 2. The van der Waals surface area contributed by atoms with Crippen LogP contribution in [-0.2, 0) is 6.42 Å². The van der Waals surface area contributed by atoms with E-state index < -0.39 is 0 Å². The predicted octanol–water partition coefficient (Wildman–Crippen LogP) is 1.52. The van der Waals surface area contributed by atoms with Crippen molar-refractivity contribution in [2.45, 2.75) is 19.3 Å². The third kappa shape index (κ3) is 3.28. The van der Waals surface area contributed by atoms with Gasteiger partial charge in [0.05, 0.1) is 4.47 Å². The van der Waals surface area contributed by atoms with Gasteiger partial charge in [-0.1, -0.05) is 0 Å². The molecule has 0 bridgehead atoms. The number of rotatable bonds is 4. The summed E-state index contributed by atoms with van der Waals surface area (Å²) in [4.78, 5) is 8.30. The Labute approximate surface area is 80.5 Å². The Morgan fingerprint density at radius 3 is 2.50 bits per heavy atom. The highest BCUT2D eigenvalue weighted by Crippen LogP contribution is 2.05. The molecule has 0 saturated heterocycles. The second-order valence-corrected chi connectivity index (χ2v) is 3.48. The van der Waals surface area contributed by atoms with Crippen LogP contribution in [0.3, 0.4) is 0 Å². The smallest absolute Gasteiger partial charge is 0.128 e. The van der Waals surface area contributed by atoms with E-state index in [2.05, 4.69) is 25.9 Å². The lowest BCUT2D eigenvalue weighted by atomic mass is 10.2. The summed E-state index contributed by atoms with van der Waals surface area (Å²) >= 11 is 3.28. The minimum absolute atomic E-state index is 0.747. The molecule has 0 spiro atoms. The molecule has 0 radical (unpaired) electrons. The summed E-state index contributed by atoms with van der Waals surface area (Å²) in [6.45, 7) is 0.747. The highest BCUT2D eigenvalue weighted by Gasteiger charge is 1.95. The number of hydrogen-bond donors (Lipinski definition) is 1. The molecule has 2 N–H and O–H groups in total. The number of hydrogen-bond acceptors (Lipinski definition) is 3. The SMILES string of the molecule is NCCCCc1ncc(Br)cn1. The number of unbranched alkanes of at least 4 members (excludes halogenated alkanes) is 1. The first kappa shape index (κ1) is 9.61. The van der Waals surface area contributed by atoms with Crippen LogP contribution in [0.2, 0.25) is 0 Å². The van der Waals surface area contributed by atoms with Crippen molar-refractivity contribution < 1.29 is 0 Å². The van der Waals surface area contributed by atoms with Crippen molar-refractivity contribution in [1.82, 2.24) is 9.97 Å².